The molecule has 0 saturated carbocycles. The number of phenolic OH excluding ortho intramolecular Hbond substituents is 1. The first-order valence-corrected chi connectivity index (χ1v) is 3.79. The first-order valence-electron chi connectivity index (χ1n) is 3.79. The fraction of sp³-hybridized carbons (Fsp3) is 0.200. The summed E-state index contributed by atoms with van der Waals surface area (Å²) in [5.41, 5.74) is 0.884. The summed E-state index contributed by atoms with van der Waals surface area (Å²) in [4.78, 5) is 0. The van der Waals surface area contributed by atoms with E-state index < -0.39 is 0 Å². The van der Waals surface area contributed by atoms with Crippen molar-refractivity contribution in [1.82, 2.24) is 0 Å². The summed E-state index contributed by atoms with van der Waals surface area (Å²) in [5.74, 6) is 0.345. The van der Waals surface area contributed by atoms with E-state index in [2.05, 4.69) is 6.92 Å². The van der Waals surface area contributed by atoms with Crippen molar-refractivity contribution in [1.29, 1.82) is 0 Å². The highest BCUT2D eigenvalue weighted by Crippen LogP contribution is 2.16. The van der Waals surface area contributed by atoms with Crippen LogP contribution >= 0.6 is 0 Å². The van der Waals surface area contributed by atoms with E-state index in [1.54, 1.807) is 6.07 Å². The van der Waals surface area contributed by atoms with Crippen LogP contribution in [0.5, 0.6) is 5.75 Å². The van der Waals surface area contributed by atoms with Crippen LogP contribution in [0.1, 0.15) is 18.9 Å². The van der Waals surface area contributed by atoms with Gasteiger partial charge >= 0.3 is 0 Å². The van der Waals surface area contributed by atoms with Crippen LogP contribution in [-0.2, 0) is 0 Å². The van der Waals surface area contributed by atoms with Crippen molar-refractivity contribution in [2.75, 3.05) is 0 Å². The Hall–Kier alpha value is -1.24. The van der Waals surface area contributed by atoms with Gasteiger partial charge in [0.1, 0.15) is 5.75 Å². The van der Waals surface area contributed by atoms with Crippen LogP contribution < -0.4 is 0 Å². The predicted molar refractivity (Wildman–Crippen MR) is 47.4 cm³/mol. The number of phenols is 1. The molecule has 0 bridgehead atoms. The lowest BCUT2D eigenvalue weighted by Crippen LogP contribution is -1.71. The highest BCUT2D eigenvalue weighted by atomic mass is 16.3. The maximum absolute atomic E-state index is 9.29. The van der Waals surface area contributed by atoms with Gasteiger partial charge < -0.3 is 5.11 Å². The van der Waals surface area contributed by atoms with Crippen LogP contribution in [0, 0.1) is 0 Å². The second kappa shape index (κ2) is 3.81. The van der Waals surface area contributed by atoms with E-state index in [1.807, 2.05) is 30.4 Å². The highest BCUT2D eigenvalue weighted by Gasteiger charge is 1.91. The van der Waals surface area contributed by atoms with Crippen molar-refractivity contribution in [3.8, 4) is 5.75 Å². The summed E-state index contributed by atoms with van der Waals surface area (Å²) >= 11 is 0. The molecule has 1 heteroatoms. The summed E-state index contributed by atoms with van der Waals surface area (Å²) in [7, 11) is 0. The first kappa shape index (κ1) is 7.86. The molecule has 0 spiro atoms. The lowest BCUT2D eigenvalue weighted by Gasteiger charge is -1.95. The van der Waals surface area contributed by atoms with Gasteiger partial charge in [0.2, 0.25) is 0 Å². The van der Waals surface area contributed by atoms with Gasteiger partial charge in [-0.25, -0.2) is 0 Å². The Kier molecular flexibility index (Phi) is 2.73. The van der Waals surface area contributed by atoms with E-state index in [1.165, 1.54) is 0 Å². The zero-order valence-electron chi connectivity index (χ0n) is 6.62. The molecule has 1 N–H and O–H groups in total. The molecule has 0 radical (unpaired) electrons. The minimum atomic E-state index is 0.345. The molecule has 0 amide bonds. The molecule has 0 aliphatic rings. The van der Waals surface area contributed by atoms with E-state index in [0.717, 1.165) is 12.0 Å². The minimum Gasteiger partial charge on any atom is -0.507 e. The molecule has 1 rings (SSSR count). The smallest absolute Gasteiger partial charge is 0.122 e. The Bertz CT molecular complexity index is 251. The van der Waals surface area contributed by atoms with Gasteiger partial charge in [0.25, 0.3) is 0 Å². The molecular formula is C10H12O. The first-order chi connectivity index (χ1) is 5.34. The van der Waals surface area contributed by atoms with E-state index >= 15 is 0 Å². The zero-order chi connectivity index (χ0) is 8.10. The molecule has 58 valence electrons. The normalized spacial score (nSPS) is 10.6. The number of rotatable bonds is 2. The number of para-hydroxylation sites is 1. The van der Waals surface area contributed by atoms with Gasteiger partial charge in [-0.05, 0) is 12.5 Å². The van der Waals surface area contributed by atoms with Gasteiger partial charge in [0, 0.05) is 5.56 Å². The third-order valence-corrected chi connectivity index (χ3v) is 1.47. The minimum absolute atomic E-state index is 0.345. The molecule has 0 aliphatic carbocycles. The third kappa shape index (κ3) is 2.11. The molecule has 1 aromatic carbocycles. The monoisotopic (exact) mass is 148 g/mol. The average molecular weight is 148 g/mol. The molecule has 0 unspecified atom stereocenters. The zero-order valence-corrected chi connectivity index (χ0v) is 6.62. The molecule has 0 atom stereocenters. The lowest BCUT2D eigenvalue weighted by atomic mass is 10.2. The summed E-state index contributed by atoms with van der Waals surface area (Å²) in [5, 5.41) is 9.29. The van der Waals surface area contributed by atoms with Crippen LogP contribution in [0.4, 0.5) is 0 Å². The van der Waals surface area contributed by atoms with Gasteiger partial charge in [-0.2, -0.15) is 0 Å². The fourth-order valence-electron chi connectivity index (χ4n) is 0.873. The van der Waals surface area contributed by atoms with Crippen molar-refractivity contribution in [2.24, 2.45) is 0 Å². The largest absolute Gasteiger partial charge is 0.507 e. The van der Waals surface area contributed by atoms with Gasteiger partial charge in [0.05, 0.1) is 0 Å². The summed E-state index contributed by atoms with van der Waals surface area (Å²) in [6.07, 6.45) is 4.94. The Balaban J connectivity index is 2.86. The Labute approximate surface area is 67.0 Å². The number of hydrogen-bond acceptors (Lipinski definition) is 1. The molecular weight excluding hydrogens is 136 g/mol. The quantitative estimate of drug-likeness (QED) is 0.683. The second-order valence-corrected chi connectivity index (χ2v) is 2.37. The molecule has 1 aromatic rings. The Morgan fingerprint density at radius 2 is 2.09 bits per heavy atom. The van der Waals surface area contributed by atoms with Crippen molar-refractivity contribution < 1.29 is 5.11 Å². The SMILES string of the molecule is CCC=Cc1ccccc1O. The number of aromatic hydroxyl groups is 1. The standard InChI is InChI=1S/C10H12O/c1-2-3-6-9-7-4-5-8-10(9)11/h3-8,11H,2H2,1H3. The van der Waals surface area contributed by atoms with Crippen LogP contribution in [0.25, 0.3) is 6.08 Å². The van der Waals surface area contributed by atoms with Gasteiger partial charge in [-0.1, -0.05) is 37.3 Å². The van der Waals surface area contributed by atoms with Crippen molar-refractivity contribution in [3.05, 3.63) is 35.9 Å². The molecule has 0 aromatic heterocycles. The predicted octanol–water partition coefficient (Wildman–Crippen LogP) is 2.82. The summed E-state index contributed by atoms with van der Waals surface area (Å²) < 4.78 is 0. The second-order valence-electron chi connectivity index (χ2n) is 2.37. The van der Waals surface area contributed by atoms with E-state index in [4.69, 9.17) is 0 Å². The van der Waals surface area contributed by atoms with Crippen LogP contribution in [-0.4, -0.2) is 5.11 Å². The molecule has 0 saturated heterocycles. The topological polar surface area (TPSA) is 20.2 Å². The Morgan fingerprint density at radius 1 is 1.36 bits per heavy atom. The number of allylic oxidation sites excluding steroid dienone is 1. The summed E-state index contributed by atoms with van der Waals surface area (Å²) in [6, 6.07) is 7.31. The van der Waals surface area contributed by atoms with Crippen molar-refractivity contribution in [3.63, 3.8) is 0 Å². The molecule has 11 heavy (non-hydrogen) atoms. The fourth-order valence-corrected chi connectivity index (χ4v) is 0.873. The van der Waals surface area contributed by atoms with Gasteiger partial charge in [-0.3, -0.25) is 0 Å². The Morgan fingerprint density at radius 3 is 2.73 bits per heavy atom. The van der Waals surface area contributed by atoms with E-state index in [9.17, 15) is 5.11 Å². The molecule has 1 nitrogen and oxygen atoms in total. The molecule has 0 aliphatic heterocycles. The molecule has 0 heterocycles. The number of hydrogen-bond donors (Lipinski definition) is 1. The van der Waals surface area contributed by atoms with Crippen molar-refractivity contribution in [2.45, 2.75) is 13.3 Å². The summed E-state index contributed by atoms with van der Waals surface area (Å²) in [6.45, 7) is 2.07. The van der Waals surface area contributed by atoms with Gasteiger partial charge in [-0.15, -0.1) is 0 Å². The van der Waals surface area contributed by atoms with Gasteiger partial charge in [0.15, 0.2) is 0 Å². The highest BCUT2D eigenvalue weighted by molar-refractivity contribution is 5.56. The van der Waals surface area contributed by atoms with Crippen LogP contribution in [0.3, 0.4) is 0 Å². The number of benzene rings is 1. The lowest BCUT2D eigenvalue weighted by molar-refractivity contribution is 0.474. The maximum Gasteiger partial charge on any atom is 0.122 e. The molecule has 0 fully saturated rings. The van der Waals surface area contributed by atoms with Crippen LogP contribution in [0.2, 0.25) is 0 Å². The van der Waals surface area contributed by atoms with E-state index in [0.29, 0.717) is 5.75 Å². The average Bonchev–Trinajstić information content (AvgIpc) is 2.03. The van der Waals surface area contributed by atoms with Crippen LogP contribution in [0.15, 0.2) is 30.3 Å². The third-order valence-electron chi connectivity index (χ3n) is 1.47. The maximum atomic E-state index is 9.29. The van der Waals surface area contributed by atoms with Crippen molar-refractivity contribution >= 4 is 6.08 Å². The van der Waals surface area contributed by atoms with E-state index in [-0.39, 0.29) is 0 Å².